The van der Waals surface area contributed by atoms with Crippen LogP contribution in [0, 0.1) is 0 Å². The van der Waals surface area contributed by atoms with Gasteiger partial charge in [-0.05, 0) is 44.5 Å². The minimum Gasteiger partial charge on any atom is -0.408 e. The highest BCUT2D eigenvalue weighted by Gasteiger charge is 2.09. The maximum atomic E-state index is 11.4. The molecule has 5 nitrogen and oxygen atoms in total. The molecule has 0 aliphatic carbocycles. The molecule has 2 rings (SSSR count). The van der Waals surface area contributed by atoms with E-state index < -0.39 is 0 Å². The number of benzene rings is 1. The SMILES string of the molecule is Cn1c(=O)oc2ccc(CCNCC(C)(C)N)cc21. The molecule has 104 valence electrons. The summed E-state index contributed by atoms with van der Waals surface area (Å²) in [6, 6.07) is 5.83. The molecule has 0 radical (unpaired) electrons. The van der Waals surface area contributed by atoms with E-state index in [1.54, 1.807) is 7.05 Å². The van der Waals surface area contributed by atoms with Gasteiger partial charge in [-0.25, -0.2) is 4.79 Å². The lowest BCUT2D eigenvalue weighted by Gasteiger charge is -2.18. The van der Waals surface area contributed by atoms with E-state index >= 15 is 0 Å². The fourth-order valence-electron chi connectivity index (χ4n) is 1.97. The number of hydrogen-bond donors (Lipinski definition) is 2. The molecule has 0 amide bonds. The van der Waals surface area contributed by atoms with Crippen molar-refractivity contribution in [3.8, 4) is 0 Å². The minimum atomic E-state index is -0.324. The molecule has 1 heterocycles. The van der Waals surface area contributed by atoms with Crippen LogP contribution in [0.1, 0.15) is 19.4 Å². The van der Waals surface area contributed by atoms with E-state index in [-0.39, 0.29) is 11.3 Å². The standard InChI is InChI=1S/C14H21N3O2/c1-14(2,15)9-16-7-6-10-4-5-12-11(8-10)17(3)13(18)19-12/h4-5,8,16H,6-7,9,15H2,1-3H3. The van der Waals surface area contributed by atoms with E-state index in [4.69, 9.17) is 10.2 Å². The lowest BCUT2D eigenvalue weighted by Crippen LogP contribution is -2.43. The van der Waals surface area contributed by atoms with Crippen molar-refractivity contribution < 1.29 is 4.42 Å². The van der Waals surface area contributed by atoms with Gasteiger partial charge >= 0.3 is 5.76 Å². The summed E-state index contributed by atoms with van der Waals surface area (Å²) in [6.45, 7) is 5.62. The van der Waals surface area contributed by atoms with Crippen molar-refractivity contribution in [2.75, 3.05) is 13.1 Å². The molecule has 0 saturated carbocycles. The van der Waals surface area contributed by atoms with Crippen molar-refractivity contribution in [3.05, 3.63) is 34.3 Å². The molecule has 0 unspecified atom stereocenters. The third-order valence-corrected chi connectivity index (χ3v) is 3.03. The Bertz CT molecular complexity index is 620. The van der Waals surface area contributed by atoms with Gasteiger partial charge in [-0.2, -0.15) is 0 Å². The zero-order valence-corrected chi connectivity index (χ0v) is 11.7. The van der Waals surface area contributed by atoms with Crippen molar-refractivity contribution in [3.63, 3.8) is 0 Å². The topological polar surface area (TPSA) is 73.2 Å². The van der Waals surface area contributed by atoms with Crippen molar-refractivity contribution in [2.45, 2.75) is 25.8 Å². The predicted octanol–water partition coefficient (Wildman–Crippen LogP) is 1.00. The molecule has 0 aliphatic rings. The molecule has 3 N–H and O–H groups in total. The molecule has 0 atom stereocenters. The Morgan fingerprint density at radius 2 is 2.16 bits per heavy atom. The summed E-state index contributed by atoms with van der Waals surface area (Å²) < 4.78 is 6.62. The molecule has 2 aromatic rings. The van der Waals surface area contributed by atoms with Crippen LogP contribution in [0.25, 0.3) is 11.1 Å². The fraction of sp³-hybridized carbons (Fsp3) is 0.500. The van der Waals surface area contributed by atoms with Gasteiger partial charge in [0.15, 0.2) is 5.58 Å². The molecule has 1 aromatic carbocycles. The first kappa shape index (κ1) is 13.8. The zero-order chi connectivity index (χ0) is 14.0. The Morgan fingerprint density at radius 1 is 1.42 bits per heavy atom. The van der Waals surface area contributed by atoms with Crippen molar-refractivity contribution >= 4 is 11.1 Å². The number of nitrogens with one attached hydrogen (secondary N) is 1. The van der Waals surface area contributed by atoms with Gasteiger partial charge in [0.05, 0.1) is 5.52 Å². The summed E-state index contributed by atoms with van der Waals surface area (Å²) in [7, 11) is 1.72. The van der Waals surface area contributed by atoms with Crippen LogP contribution >= 0.6 is 0 Å². The van der Waals surface area contributed by atoms with Crippen molar-refractivity contribution in [1.29, 1.82) is 0 Å². The molecule has 5 heteroatoms. The lowest BCUT2D eigenvalue weighted by atomic mass is 10.1. The highest BCUT2D eigenvalue weighted by molar-refractivity contribution is 5.73. The number of nitrogens with zero attached hydrogens (tertiary/aromatic N) is 1. The third kappa shape index (κ3) is 3.45. The van der Waals surface area contributed by atoms with Gasteiger partial charge in [-0.1, -0.05) is 6.07 Å². The number of rotatable bonds is 5. The summed E-state index contributed by atoms with van der Waals surface area (Å²) in [6.07, 6.45) is 0.894. The highest BCUT2D eigenvalue weighted by Crippen LogP contribution is 2.14. The van der Waals surface area contributed by atoms with Crippen LogP contribution in [0.15, 0.2) is 27.4 Å². The monoisotopic (exact) mass is 263 g/mol. The van der Waals surface area contributed by atoms with Gasteiger partial charge in [0.25, 0.3) is 0 Å². The second-order valence-electron chi connectivity index (χ2n) is 5.64. The van der Waals surface area contributed by atoms with Crippen LogP contribution in [0.5, 0.6) is 0 Å². The highest BCUT2D eigenvalue weighted by atomic mass is 16.4. The van der Waals surface area contributed by atoms with Gasteiger partial charge in [0.2, 0.25) is 0 Å². The average Bonchev–Trinajstić information content (AvgIpc) is 2.60. The number of aryl methyl sites for hydroxylation is 1. The van der Waals surface area contributed by atoms with Gasteiger partial charge in [0, 0.05) is 19.1 Å². The maximum Gasteiger partial charge on any atom is 0.419 e. The first-order chi connectivity index (χ1) is 8.87. The third-order valence-electron chi connectivity index (χ3n) is 3.03. The van der Waals surface area contributed by atoms with Crippen LogP contribution in [0.2, 0.25) is 0 Å². The number of hydrogen-bond acceptors (Lipinski definition) is 4. The molecule has 0 bridgehead atoms. The Labute approximate surface area is 112 Å². The summed E-state index contributed by atoms with van der Waals surface area (Å²) in [5, 5.41) is 3.32. The van der Waals surface area contributed by atoms with E-state index in [1.807, 2.05) is 32.0 Å². The van der Waals surface area contributed by atoms with Crippen LogP contribution in [0.3, 0.4) is 0 Å². The van der Waals surface area contributed by atoms with Crippen LogP contribution in [-0.2, 0) is 13.5 Å². The maximum absolute atomic E-state index is 11.4. The number of aromatic nitrogens is 1. The Morgan fingerprint density at radius 3 is 2.84 bits per heavy atom. The smallest absolute Gasteiger partial charge is 0.408 e. The van der Waals surface area contributed by atoms with E-state index in [2.05, 4.69) is 5.32 Å². The Kier molecular flexibility index (Phi) is 3.78. The molecule has 1 aromatic heterocycles. The second-order valence-corrected chi connectivity index (χ2v) is 5.64. The summed E-state index contributed by atoms with van der Waals surface area (Å²) in [4.78, 5) is 11.4. The molecular weight excluding hydrogens is 242 g/mol. The van der Waals surface area contributed by atoms with Crippen LogP contribution < -0.4 is 16.8 Å². The van der Waals surface area contributed by atoms with Gasteiger partial charge in [0.1, 0.15) is 0 Å². The molecule has 0 saturated heterocycles. The Balaban J connectivity index is 2.02. The first-order valence-electron chi connectivity index (χ1n) is 6.45. The van der Waals surface area contributed by atoms with Gasteiger partial charge in [-0.15, -0.1) is 0 Å². The number of fused-ring (bicyclic) bond motifs is 1. The van der Waals surface area contributed by atoms with E-state index in [9.17, 15) is 4.79 Å². The van der Waals surface area contributed by atoms with Crippen molar-refractivity contribution in [2.24, 2.45) is 12.8 Å². The molecule has 0 aliphatic heterocycles. The van der Waals surface area contributed by atoms with Gasteiger partial charge in [-0.3, -0.25) is 4.57 Å². The van der Waals surface area contributed by atoms with E-state index in [0.717, 1.165) is 25.0 Å². The minimum absolute atomic E-state index is 0.196. The second kappa shape index (κ2) is 5.19. The molecule has 19 heavy (non-hydrogen) atoms. The predicted molar refractivity (Wildman–Crippen MR) is 76.3 cm³/mol. The largest absolute Gasteiger partial charge is 0.419 e. The van der Waals surface area contributed by atoms with Crippen LogP contribution in [0.4, 0.5) is 0 Å². The summed E-state index contributed by atoms with van der Waals surface area (Å²) in [5.74, 6) is -0.324. The molecular formula is C14H21N3O2. The number of nitrogens with two attached hydrogens (primary N) is 1. The zero-order valence-electron chi connectivity index (χ0n) is 11.7. The average molecular weight is 263 g/mol. The lowest BCUT2D eigenvalue weighted by molar-refractivity contribution is 0.469. The Hall–Kier alpha value is -1.59. The van der Waals surface area contributed by atoms with E-state index in [1.165, 1.54) is 10.1 Å². The van der Waals surface area contributed by atoms with Gasteiger partial charge < -0.3 is 15.5 Å². The normalized spacial score (nSPS) is 12.2. The van der Waals surface area contributed by atoms with Crippen LogP contribution in [-0.4, -0.2) is 23.2 Å². The molecule has 0 spiro atoms. The molecule has 0 fully saturated rings. The quantitative estimate of drug-likeness (QED) is 0.789. The summed E-state index contributed by atoms with van der Waals surface area (Å²) in [5.41, 5.74) is 8.34. The van der Waals surface area contributed by atoms with E-state index in [0.29, 0.717) is 5.58 Å². The fourth-order valence-corrected chi connectivity index (χ4v) is 1.97. The summed E-state index contributed by atoms with van der Waals surface area (Å²) >= 11 is 0. The first-order valence-corrected chi connectivity index (χ1v) is 6.45. The number of oxazole rings is 1. The van der Waals surface area contributed by atoms with Crippen molar-refractivity contribution in [1.82, 2.24) is 9.88 Å².